The number of aromatic amines is 1. The number of carbonyl (C=O) groups is 1. The third-order valence-corrected chi connectivity index (χ3v) is 4.27. The standard InChI is InChI=1S/C18H22ClFN4O4/c1-10(2)9-24-15(21)14(16(25)22-18(24)27)23(6-7-28-3)17(26)12-5-4-11(20)8-13(12)19/h4-5,8,10H,6-7,9,21H2,1-3H3,(H,22,25,27). The van der Waals surface area contributed by atoms with Crippen LogP contribution in [0.4, 0.5) is 15.9 Å². The van der Waals surface area contributed by atoms with Crippen molar-refractivity contribution in [3.05, 3.63) is 55.4 Å². The van der Waals surface area contributed by atoms with Gasteiger partial charge < -0.3 is 10.5 Å². The molecule has 1 aromatic heterocycles. The number of H-pyrrole nitrogens is 1. The Morgan fingerprint density at radius 1 is 1.39 bits per heavy atom. The number of aromatic nitrogens is 2. The van der Waals surface area contributed by atoms with Crippen molar-refractivity contribution in [2.45, 2.75) is 20.4 Å². The second-order valence-electron chi connectivity index (χ2n) is 6.57. The molecule has 28 heavy (non-hydrogen) atoms. The molecule has 10 heteroatoms. The van der Waals surface area contributed by atoms with Crippen molar-refractivity contribution in [2.75, 3.05) is 30.9 Å². The predicted molar refractivity (Wildman–Crippen MR) is 106 cm³/mol. The maximum absolute atomic E-state index is 13.3. The van der Waals surface area contributed by atoms with Crippen LogP contribution in [0, 0.1) is 11.7 Å². The number of ether oxygens (including phenoxy) is 1. The summed E-state index contributed by atoms with van der Waals surface area (Å²) in [6, 6.07) is 3.30. The number of hydrogen-bond donors (Lipinski definition) is 2. The molecule has 0 fully saturated rings. The minimum Gasteiger partial charge on any atom is -0.383 e. The summed E-state index contributed by atoms with van der Waals surface area (Å²) < 4.78 is 19.6. The van der Waals surface area contributed by atoms with Crippen LogP contribution in [0.25, 0.3) is 0 Å². The summed E-state index contributed by atoms with van der Waals surface area (Å²) in [6.07, 6.45) is 0. The number of nitrogens with one attached hydrogen (secondary N) is 1. The highest BCUT2D eigenvalue weighted by Gasteiger charge is 2.26. The Labute approximate surface area is 165 Å². The fourth-order valence-electron chi connectivity index (χ4n) is 2.69. The molecule has 0 saturated carbocycles. The highest BCUT2D eigenvalue weighted by Crippen LogP contribution is 2.24. The fraction of sp³-hybridized carbons (Fsp3) is 0.389. The lowest BCUT2D eigenvalue weighted by atomic mass is 10.1. The van der Waals surface area contributed by atoms with Gasteiger partial charge in [0.15, 0.2) is 5.69 Å². The van der Waals surface area contributed by atoms with Gasteiger partial charge in [-0.2, -0.15) is 0 Å². The molecule has 0 aliphatic carbocycles. The number of nitrogens with zero attached hydrogens (tertiary/aromatic N) is 2. The first-order valence-corrected chi connectivity index (χ1v) is 8.93. The Morgan fingerprint density at radius 2 is 2.07 bits per heavy atom. The quantitative estimate of drug-likeness (QED) is 0.721. The minimum atomic E-state index is -0.815. The lowest BCUT2D eigenvalue weighted by molar-refractivity contribution is 0.0975. The molecule has 0 unspecified atom stereocenters. The van der Waals surface area contributed by atoms with Gasteiger partial charge in [0.05, 0.1) is 17.2 Å². The summed E-state index contributed by atoms with van der Waals surface area (Å²) in [5.41, 5.74) is 4.41. The molecule has 2 rings (SSSR count). The number of halogens is 2. The van der Waals surface area contributed by atoms with Crippen LogP contribution in [0.15, 0.2) is 27.8 Å². The van der Waals surface area contributed by atoms with Crippen LogP contribution in [0.3, 0.4) is 0 Å². The van der Waals surface area contributed by atoms with Gasteiger partial charge >= 0.3 is 5.69 Å². The Morgan fingerprint density at radius 3 is 2.64 bits per heavy atom. The first kappa shape index (κ1) is 21.6. The van der Waals surface area contributed by atoms with E-state index >= 15 is 0 Å². The van der Waals surface area contributed by atoms with E-state index in [1.165, 1.54) is 17.7 Å². The highest BCUT2D eigenvalue weighted by molar-refractivity contribution is 6.34. The summed E-state index contributed by atoms with van der Waals surface area (Å²) in [5.74, 6) is -1.36. The summed E-state index contributed by atoms with van der Waals surface area (Å²) >= 11 is 6.00. The van der Waals surface area contributed by atoms with E-state index in [9.17, 15) is 18.8 Å². The van der Waals surface area contributed by atoms with Crippen molar-refractivity contribution in [1.29, 1.82) is 0 Å². The van der Waals surface area contributed by atoms with Gasteiger partial charge in [-0.15, -0.1) is 0 Å². The molecule has 0 saturated heterocycles. The first-order valence-electron chi connectivity index (χ1n) is 8.55. The molecular formula is C18H22ClFN4O4. The van der Waals surface area contributed by atoms with Crippen molar-refractivity contribution >= 4 is 29.0 Å². The van der Waals surface area contributed by atoms with E-state index < -0.39 is 23.0 Å². The minimum absolute atomic E-state index is 0.0143. The smallest absolute Gasteiger partial charge is 0.330 e. The number of hydrogen-bond acceptors (Lipinski definition) is 5. The normalized spacial score (nSPS) is 11.1. The fourth-order valence-corrected chi connectivity index (χ4v) is 2.94. The Balaban J connectivity index is 2.64. The summed E-state index contributed by atoms with van der Waals surface area (Å²) in [7, 11) is 1.43. The second-order valence-corrected chi connectivity index (χ2v) is 6.98. The Kier molecular flexibility index (Phi) is 6.98. The van der Waals surface area contributed by atoms with Gasteiger partial charge in [0.1, 0.15) is 11.6 Å². The zero-order chi connectivity index (χ0) is 21.0. The van der Waals surface area contributed by atoms with Crippen LogP contribution in [-0.2, 0) is 11.3 Å². The van der Waals surface area contributed by atoms with Gasteiger partial charge in [-0.1, -0.05) is 25.4 Å². The van der Waals surface area contributed by atoms with Crippen LogP contribution in [-0.4, -0.2) is 35.7 Å². The van der Waals surface area contributed by atoms with Gasteiger partial charge in [-0.25, -0.2) is 9.18 Å². The third kappa shape index (κ3) is 4.60. The first-order chi connectivity index (χ1) is 13.2. The van der Waals surface area contributed by atoms with Crippen LogP contribution in [0.5, 0.6) is 0 Å². The van der Waals surface area contributed by atoms with E-state index in [1.54, 1.807) is 0 Å². The topological polar surface area (TPSA) is 110 Å². The van der Waals surface area contributed by atoms with Gasteiger partial charge in [-0.05, 0) is 24.1 Å². The molecular weight excluding hydrogens is 391 g/mol. The lowest BCUT2D eigenvalue weighted by Gasteiger charge is -2.25. The molecule has 0 bridgehead atoms. The third-order valence-electron chi connectivity index (χ3n) is 3.96. The molecule has 3 N–H and O–H groups in total. The monoisotopic (exact) mass is 412 g/mol. The molecule has 0 aliphatic rings. The molecule has 8 nitrogen and oxygen atoms in total. The summed E-state index contributed by atoms with van der Waals surface area (Å²) in [4.78, 5) is 41.0. The largest absolute Gasteiger partial charge is 0.383 e. The van der Waals surface area contributed by atoms with Crippen LogP contribution in [0.1, 0.15) is 24.2 Å². The number of amides is 1. The van der Waals surface area contributed by atoms with E-state index in [0.717, 1.165) is 17.0 Å². The van der Waals surface area contributed by atoms with Gasteiger partial charge in [-0.3, -0.25) is 24.0 Å². The van der Waals surface area contributed by atoms with Gasteiger partial charge in [0.25, 0.3) is 11.5 Å². The van der Waals surface area contributed by atoms with Crippen molar-refractivity contribution in [3.63, 3.8) is 0 Å². The predicted octanol–water partition coefficient (Wildman–Crippen LogP) is 1.86. The van der Waals surface area contributed by atoms with Gasteiger partial charge in [0, 0.05) is 20.2 Å². The van der Waals surface area contributed by atoms with Crippen LogP contribution >= 0.6 is 11.6 Å². The van der Waals surface area contributed by atoms with Crippen LogP contribution < -0.4 is 21.9 Å². The van der Waals surface area contributed by atoms with E-state index in [-0.39, 0.29) is 47.7 Å². The lowest BCUT2D eigenvalue weighted by Crippen LogP contribution is -2.43. The van der Waals surface area contributed by atoms with E-state index in [1.807, 2.05) is 13.8 Å². The number of nitrogen functional groups attached to an aromatic ring is 1. The number of rotatable bonds is 7. The van der Waals surface area contributed by atoms with Crippen LogP contribution in [0.2, 0.25) is 5.02 Å². The molecule has 0 spiro atoms. The number of anilines is 2. The molecule has 1 heterocycles. The molecule has 0 atom stereocenters. The SMILES string of the molecule is COCCN(C(=O)c1ccc(F)cc1Cl)c1c(N)n(CC(C)C)c(=O)[nH]c1=O. The summed E-state index contributed by atoms with van der Waals surface area (Å²) in [5, 5.41) is -0.113. The zero-order valence-electron chi connectivity index (χ0n) is 15.8. The van der Waals surface area contributed by atoms with Crippen molar-refractivity contribution in [1.82, 2.24) is 9.55 Å². The summed E-state index contributed by atoms with van der Waals surface area (Å²) in [6.45, 7) is 4.06. The van der Waals surface area contributed by atoms with Crippen molar-refractivity contribution < 1.29 is 13.9 Å². The number of nitrogens with two attached hydrogens (primary N) is 1. The van der Waals surface area contributed by atoms with E-state index in [0.29, 0.717) is 0 Å². The Bertz CT molecular complexity index is 987. The number of methoxy groups -OCH3 is 1. The maximum Gasteiger partial charge on any atom is 0.330 e. The average Bonchev–Trinajstić information content (AvgIpc) is 2.60. The highest BCUT2D eigenvalue weighted by atomic mass is 35.5. The second kappa shape index (κ2) is 9.03. The van der Waals surface area contributed by atoms with E-state index in [4.69, 9.17) is 22.1 Å². The number of carbonyl (C=O) groups excluding carboxylic acids is 1. The van der Waals surface area contributed by atoms with Gasteiger partial charge in [0.2, 0.25) is 0 Å². The Hall–Kier alpha value is -2.65. The zero-order valence-corrected chi connectivity index (χ0v) is 16.5. The molecule has 0 radical (unpaired) electrons. The molecule has 152 valence electrons. The van der Waals surface area contributed by atoms with Crippen molar-refractivity contribution in [2.24, 2.45) is 5.92 Å². The average molecular weight is 413 g/mol. The molecule has 0 aliphatic heterocycles. The van der Waals surface area contributed by atoms with E-state index in [2.05, 4.69) is 4.98 Å². The maximum atomic E-state index is 13.3. The molecule has 1 aromatic carbocycles. The number of benzene rings is 1. The molecule has 1 amide bonds. The van der Waals surface area contributed by atoms with Crippen molar-refractivity contribution in [3.8, 4) is 0 Å². The molecule has 2 aromatic rings.